The summed E-state index contributed by atoms with van der Waals surface area (Å²) in [4.78, 5) is 19.0. The fourth-order valence-electron chi connectivity index (χ4n) is 3.50. The van der Waals surface area contributed by atoms with E-state index >= 15 is 0 Å². The summed E-state index contributed by atoms with van der Waals surface area (Å²) >= 11 is 0. The molecule has 0 aliphatic carbocycles. The zero-order valence-corrected chi connectivity index (χ0v) is 16.4. The van der Waals surface area contributed by atoms with Gasteiger partial charge in [0.2, 0.25) is 11.8 Å². The van der Waals surface area contributed by atoms with Crippen LogP contribution >= 0.6 is 0 Å². The van der Waals surface area contributed by atoms with Crippen molar-refractivity contribution in [1.29, 1.82) is 0 Å². The molecule has 1 amide bonds. The minimum Gasteiger partial charge on any atom is -0.436 e. The number of hydrogen-bond donors (Lipinski definition) is 1. The van der Waals surface area contributed by atoms with E-state index in [-0.39, 0.29) is 11.9 Å². The fraction of sp³-hybridized carbons (Fsp3) is 0.429. The van der Waals surface area contributed by atoms with Crippen molar-refractivity contribution in [2.75, 3.05) is 16.8 Å². The lowest BCUT2D eigenvalue weighted by molar-refractivity contribution is -0.115. The van der Waals surface area contributed by atoms with Crippen molar-refractivity contribution in [2.24, 2.45) is 0 Å². The third kappa shape index (κ3) is 3.39. The van der Waals surface area contributed by atoms with E-state index in [9.17, 15) is 4.79 Å². The first-order chi connectivity index (χ1) is 12.3. The van der Waals surface area contributed by atoms with Crippen LogP contribution in [0.5, 0.6) is 11.6 Å². The van der Waals surface area contributed by atoms with E-state index in [1.807, 2.05) is 26.8 Å². The average Bonchev–Trinajstić information content (AvgIpc) is 2.57. The number of aryl methyl sites for hydroxylation is 4. The molecule has 0 fully saturated rings. The first-order valence-electron chi connectivity index (χ1n) is 9.14. The smallest absolute Gasteiger partial charge is 0.245 e. The van der Waals surface area contributed by atoms with E-state index in [2.05, 4.69) is 48.1 Å². The van der Waals surface area contributed by atoms with Crippen molar-refractivity contribution in [1.82, 2.24) is 4.98 Å². The van der Waals surface area contributed by atoms with Gasteiger partial charge in [-0.05, 0) is 58.2 Å². The molecule has 1 aliphatic rings. The maximum Gasteiger partial charge on any atom is 0.245 e. The van der Waals surface area contributed by atoms with Gasteiger partial charge < -0.3 is 15.0 Å². The van der Waals surface area contributed by atoms with Gasteiger partial charge in [0.05, 0.1) is 12.2 Å². The van der Waals surface area contributed by atoms with Crippen LogP contribution in [-0.4, -0.2) is 23.5 Å². The van der Waals surface area contributed by atoms with Gasteiger partial charge in [0.15, 0.2) is 0 Å². The zero-order chi connectivity index (χ0) is 19.0. The lowest BCUT2D eigenvalue weighted by Gasteiger charge is -2.36. The summed E-state index contributed by atoms with van der Waals surface area (Å²) in [5.41, 5.74) is 5.81. The van der Waals surface area contributed by atoms with Crippen LogP contribution in [0.2, 0.25) is 0 Å². The third-order valence-corrected chi connectivity index (χ3v) is 4.91. The topological polar surface area (TPSA) is 54.5 Å². The molecule has 0 saturated heterocycles. The van der Waals surface area contributed by atoms with Gasteiger partial charge in [0, 0.05) is 11.7 Å². The lowest BCUT2D eigenvalue weighted by atomic mass is 10.1. The second-order valence-corrected chi connectivity index (χ2v) is 7.23. The molecule has 5 heteroatoms. The highest BCUT2D eigenvalue weighted by molar-refractivity contribution is 6.02. The van der Waals surface area contributed by atoms with Gasteiger partial charge in [-0.1, -0.05) is 24.6 Å². The molecule has 1 aromatic carbocycles. The van der Waals surface area contributed by atoms with Crippen molar-refractivity contribution < 1.29 is 9.53 Å². The number of rotatable bonds is 4. The van der Waals surface area contributed by atoms with Crippen LogP contribution in [-0.2, 0) is 4.79 Å². The van der Waals surface area contributed by atoms with Gasteiger partial charge in [0.25, 0.3) is 0 Å². The lowest BCUT2D eigenvalue weighted by Crippen LogP contribution is -2.43. The average molecular weight is 353 g/mol. The van der Waals surface area contributed by atoms with Crippen LogP contribution in [0.4, 0.5) is 11.4 Å². The van der Waals surface area contributed by atoms with Crippen molar-refractivity contribution >= 4 is 17.3 Å². The minimum atomic E-state index is -0.0364. The summed E-state index contributed by atoms with van der Waals surface area (Å²) in [5.74, 6) is 1.22. The fourth-order valence-corrected chi connectivity index (χ4v) is 3.50. The van der Waals surface area contributed by atoms with Crippen LogP contribution in [0.3, 0.4) is 0 Å². The highest BCUT2D eigenvalue weighted by Crippen LogP contribution is 2.41. The summed E-state index contributed by atoms with van der Waals surface area (Å²) in [7, 11) is 0. The maximum absolute atomic E-state index is 12.3. The predicted octanol–water partition coefficient (Wildman–Crippen LogP) is 4.66. The molecule has 0 bridgehead atoms. The van der Waals surface area contributed by atoms with Crippen molar-refractivity contribution in [3.8, 4) is 11.6 Å². The number of carbonyl (C=O) groups excluding carboxylic acids is 1. The Kier molecular flexibility index (Phi) is 4.90. The Morgan fingerprint density at radius 3 is 2.46 bits per heavy atom. The van der Waals surface area contributed by atoms with Gasteiger partial charge >= 0.3 is 0 Å². The Bertz CT molecular complexity index is 838. The molecule has 2 aromatic rings. The number of fused-ring (bicyclic) bond motifs is 1. The number of anilines is 2. The van der Waals surface area contributed by atoms with Gasteiger partial charge in [-0.2, -0.15) is 0 Å². The highest BCUT2D eigenvalue weighted by Gasteiger charge is 2.29. The highest BCUT2D eigenvalue weighted by atomic mass is 16.5. The van der Waals surface area contributed by atoms with Crippen LogP contribution in [0.1, 0.15) is 42.7 Å². The van der Waals surface area contributed by atoms with E-state index in [0.29, 0.717) is 18.1 Å². The molecule has 3 rings (SSSR count). The largest absolute Gasteiger partial charge is 0.436 e. The normalized spacial score (nSPS) is 14.7. The van der Waals surface area contributed by atoms with Crippen LogP contribution in [0.15, 0.2) is 18.2 Å². The predicted molar refractivity (Wildman–Crippen MR) is 105 cm³/mol. The Morgan fingerprint density at radius 1 is 1.19 bits per heavy atom. The Balaban J connectivity index is 2.10. The standard InChI is InChI=1S/C21H27N3O2/c1-7-16(6)24-11-18(25)23-19-17(24)10-15(5)22-21(19)26-20-13(3)8-12(2)9-14(20)4/h8-10,16H,7,11H2,1-6H3,(H,23,25). The zero-order valence-electron chi connectivity index (χ0n) is 16.4. The SMILES string of the molecule is CCC(C)N1CC(=O)Nc2c1cc(C)nc2Oc1c(C)cc(C)cc1C. The van der Waals surface area contributed by atoms with Crippen LogP contribution in [0.25, 0.3) is 0 Å². The molecular formula is C21H27N3O2. The molecule has 0 saturated carbocycles. The number of aromatic nitrogens is 1. The second-order valence-electron chi connectivity index (χ2n) is 7.23. The van der Waals surface area contributed by atoms with E-state index < -0.39 is 0 Å². The first-order valence-corrected chi connectivity index (χ1v) is 9.14. The molecule has 1 aliphatic heterocycles. The van der Waals surface area contributed by atoms with Crippen LogP contribution in [0, 0.1) is 27.7 Å². The van der Waals surface area contributed by atoms with Gasteiger partial charge in [-0.25, -0.2) is 4.98 Å². The number of pyridine rings is 1. The molecule has 1 unspecified atom stereocenters. The number of amides is 1. The quantitative estimate of drug-likeness (QED) is 0.868. The monoisotopic (exact) mass is 353 g/mol. The minimum absolute atomic E-state index is 0.0364. The second kappa shape index (κ2) is 6.98. The number of nitrogens with zero attached hydrogens (tertiary/aromatic N) is 2. The summed E-state index contributed by atoms with van der Waals surface area (Å²) in [6, 6.07) is 6.46. The first kappa shape index (κ1) is 18.2. The van der Waals surface area contributed by atoms with Gasteiger partial charge in [0.1, 0.15) is 11.4 Å². The van der Waals surface area contributed by atoms with Crippen molar-refractivity contribution in [2.45, 2.75) is 54.0 Å². The van der Waals surface area contributed by atoms with Gasteiger partial charge in [-0.15, -0.1) is 0 Å². The van der Waals surface area contributed by atoms with Gasteiger partial charge in [-0.3, -0.25) is 4.79 Å². The number of carbonyl (C=O) groups is 1. The number of ether oxygens (including phenoxy) is 1. The summed E-state index contributed by atoms with van der Waals surface area (Å²) < 4.78 is 6.23. The number of benzene rings is 1. The molecule has 138 valence electrons. The van der Waals surface area contributed by atoms with Crippen molar-refractivity contribution in [3.05, 3.63) is 40.6 Å². The third-order valence-electron chi connectivity index (χ3n) is 4.91. The number of nitrogens with one attached hydrogen (secondary N) is 1. The molecule has 26 heavy (non-hydrogen) atoms. The van der Waals surface area contributed by atoms with E-state index in [0.717, 1.165) is 34.7 Å². The molecule has 0 spiro atoms. The van der Waals surface area contributed by atoms with Crippen LogP contribution < -0.4 is 15.0 Å². The molecule has 1 aromatic heterocycles. The van der Waals surface area contributed by atoms with Crippen molar-refractivity contribution in [3.63, 3.8) is 0 Å². The summed E-state index contributed by atoms with van der Waals surface area (Å²) in [6.07, 6.45) is 0.959. The Labute approximate surface area is 155 Å². The summed E-state index contributed by atoms with van der Waals surface area (Å²) in [5, 5.41) is 2.97. The molecular weight excluding hydrogens is 326 g/mol. The number of hydrogen-bond acceptors (Lipinski definition) is 4. The molecule has 1 N–H and O–H groups in total. The summed E-state index contributed by atoms with van der Waals surface area (Å²) in [6.45, 7) is 12.7. The molecule has 1 atom stereocenters. The molecule has 0 radical (unpaired) electrons. The molecule has 2 heterocycles. The van der Waals surface area contributed by atoms with E-state index in [1.54, 1.807) is 0 Å². The maximum atomic E-state index is 12.3. The van der Waals surface area contributed by atoms with E-state index in [1.165, 1.54) is 5.56 Å². The Hall–Kier alpha value is -2.56. The van der Waals surface area contributed by atoms with E-state index in [4.69, 9.17) is 4.74 Å². The molecule has 5 nitrogen and oxygen atoms in total. The Morgan fingerprint density at radius 2 is 1.85 bits per heavy atom.